The Balaban J connectivity index is 1.87. The van der Waals surface area contributed by atoms with Crippen LogP contribution >= 0.6 is 0 Å². The molecule has 5 nitrogen and oxygen atoms in total. The molecule has 0 bridgehead atoms. The van der Waals surface area contributed by atoms with Crippen LogP contribution in [0.25, 0.3) is 33.4 Å². The average molecular weight is 385 g/mol. The number of pyridine rings is 1. The number of benzene rings is 1. The Morgan fingerprint density at radius 3 is 2.64 bits per heavy atom. The van der Waals surface area contributed by atoms with Crippen LogP contribution in [0.2, 0.25) is 0 Å². The monoisotopic (exact) mass is 385 g/mol. The average Bonchev–Trinajstić information content (AvgIpc) is 3.26. The van der Waals surface area contributed by atoms with Gasteiger partial charge in [-0.05, 0) is 24.1 Å². The molecule has 0 aliphatic heterocycles. The van der Waals surface area contributed by atoms with Crippen molar-refractivity contribution in [2.24, 2.45) is 7.05 Å². The zero-order valence-electron chi connectivity index (χ0n) is 15.4. The van der Waals surface area contributed by atoms with Crippen molar-refractivity contribution in [2.75, 3.05) is 0 Å². The van der Waals surface area contributed by atoms with Crippen molar-refractivity contribution < 1.29 is 13.2 Å². The molecule has 8 heteroatoms. The third-order valence-corrected chi connectivity index (χ3v) is 4.63. The zero-order valence-corrected chi connectivity index (χ0v) is 15.4. The molecule has 3 heterocycles. The molecule has 1 N–H and O–H groups in total. The molecule has 0 saturated carbocycles. The summed E-state index contributed by atoms with van der Waals surface area (Å²) in [5.41, 5.74) is 2.37. The molecular formula is C20H18F3N5. The number of aromatic amines is 1. The van der Waals surface area contributed by atoms with Gasteiger partial charge in [-0.2, -0.15) is 23.4 Å². The first-order valence-corrected chi connectivity index (χ1v) is 8.90. The minimum Gasteiger partial charge on any atom is -0.276 e. The maximum absolute atomic E-state index is 13.7. The standard InChI is InChI=1S/C20H18F3N5/c1-3-4-12-5-6-14(16(7-12)20(21,22)23)17-8-15-18(10-24-17)26-27-19(15)13-9-25-28(2)11-13/h5-11H,3-4H2,1-2H3,(H,26,27). The van der Waals surface area contributed by atoms with Gasteiger partial charge in [-0.25, -0.2) is 0 Å². The number of nitrogens with zero attached hydrogens (tertiary/aromatic N) is 4. The predicted octanol–water partition coefficient (Wildman–Crippen LogP) is 5.00. The lowest BCUT2D eigenvalue weighted by atomic mass is 9.97. The van der Waals surface area contributed by atoms with Crippen LogP contribution in [-0.4, -0.2) is 25.0 Å². The lowest BCUT2D eigenvalue weighted by Gasteiger charge is -2.14. The van der Waals surface area contributed by atoms with Crippen molar-refractivity contribution >= 4 is 10.9 Å². The Morgan fingerprint density at radius 2 is 1.96 bits per heavy atom. The molecule has 0 aliphatic rings. The maximum atomic E-state index is 13.7. The van der Waals surface area contributed by atoms with Gasteiger partial charge in [0, 0.05) is 29.8 Å². The smallest absolute Gasteiger partial charge is 0.276 e. The fourth-order valence-electron chi connectivity index (χ4n) is 3.32. The van der Waals surface area contributed by atoms with Gasteiger partial charge in [0.1, 0.15) is 5.69 Å². The second kappa shape index (κ2) is 6.78. The van der Waals surface area contributed by atoms with Crippen LogP contribution in [0.4, 0.5) is 13.2 Å². The lowest BCUT2D eigenvalue weighted by Crippen LogP contribution is -2.08. The first-order chi connectivity index (χ1) is 13.4. The van der Waals surface area contributed by atoms with Gasteiger partial charge in [-0.15, -0.1) is 0 Å². The number of aromatic nitrogens is 5. The Morgan fingerprint density at radius 1 is 1.14 bits per heavy atom. The highest BCUT2D eigenvalue weighted by molar-refractivity contribution is 5.94. The summed E-state index contributed by atoms with van der Waals surface area (Å²) in [5, 5.41) is 12.0. The first-order valence-electron chi connectivity index (χ1n) is 8.90. The van der Waals surface area contributed by atoms with Crippen LogP contribution in [-0.2, 0) is 19.6 Å². The predicted molar refractivity (Wildman–Crippen MR) is 101 cm³/mol. The zero-order chi connectivity index (χ0) is 19.9. The minimum atomic E-state index is -4.46. The van der Waals surface area contributed by atoms with Gasteiger partial charge in [0.05, 0.1) is 29.2 Å². The molecule has 0 radical (unpaired) electrons. The highest BCUT2D eigenvalue weighted by atomic mass is 19.4. The van der Waals surface area contributed by atoms with Crippen molar-refractivity contribution in [3.63, 3.8) is 0 Å². The number of H-pyrrole nitrogens is 1. The molecule has 0 unspecified atom stereocenters. The van der Waals surface area contributed by atoms with Gasteiger partial charge in [0.25, 0.3) is 0 Å². The number of fused-ring (bicyclic) bond motifs is 1. The molecule has 4 aromatic rings. The van der Waals surface area contributed by atoms with Crippen molar-refractivity contribution in [3.05, 3.63) is 54.0 Å². The Bertz CT molecular complexity index is 1140. The van der Waals surface area contributed by atoms with E-state index < -0.39 is 11.7 Å². The summed E-state index contributed by atoms with van der Waals surface area (Å²) < 4.78 is 42.7. The molecule has 4 rings (SSSR count). The van der Waals surface area contributed by atoms with Crippen molar-refractivity contribution in [1.29, 1.82) is 0 Å². The van der Waals surface area contributed by atoms with Gasteiger partial charge in [-0.1, -0.05) is 25.5 Å². The maximum Gasteiger partial charge on any atom is 0.417 e. The van der Waals surface area contributed by atoms with E-state index >= 15 is 0 Å². The number of nitrogens with one attached hydrogen (secondary N) is 1. The van der Waals surface area contributed by atoms with Gasteiger partial charge >= 0.3 is 6.18 Å². The summed E-state index contributed by atoms with van der Waals surface area (Å²) in [4.78, 5) is 4.25. The van der Waals surface area contributed by atoms with Crippen LogP contribution in [0.1, 0.15) is 24.5 Å². The van der Waals surface area contributed by atoms with Crippen LogP contribution in [0.5, 0.6) is 0 Å². The van der Waals surface area contributed by atoms with E-state index in [1.165, 1.54) is 18.3 Å². The van der Waals surface area contributed by atoms with Crippen molar-refractivity contribution in [3.8, 4) is 22.5 Å². The van der Waals surface area contributed by atoms with Crippen LogP contribution in [0, 0.1) is 0 Å². The molecule has 0 atom stereocenters. The van der Waals surface area contributed by atoms with Gasteiger partial charge < -0.3 is 0 Å². The molecule has 1 aromatic carbocycles. The third-order valence-electron chi connectivity index (χ3n) is 4.63. The molecule has 0 fully saturated rings. The van der Waals surface area contributed by atoms with Gasteiger partial charge in [0.15, 0.2) is 0 Å². The highest BCUT2D eigenvalue weighted by Crippen LogP contribution is 2.38. The quantitative estimate of drug-likeness (QED) is 0.538. The van der Waals surface area contributed by atoms with E-state index in [9.17, 15) is 13.2 Å². The summed E-state index contributed by atoms with van der Waals surface area (Å²) >= 11 is 0. The second-order valence-electron chi connectivity index (χ2n) is 6.72. The summed E-state index contributed by atoms with van der Waals surface area (Å²) in [5.74, 6) is 0. The SMILES string of the molecule is CCCc1ccc(-c2cc3c(-c4cnn(C)c4)n[nH]c3cn2)c(C(F)(F)F)c1. The molecular weight excluding hydrogens is 367 g/mol. The second-order valence-corrected chi connectivity index (χ2v) is 6.72. The number of halogens is 3. The molecule has 28 heavy (non-hydrogen) atoms. The summed E-state index contributed by atoms with van der Waals surface area (Å²) in [6.45, 7) is 1.94. The number of rotatable bonds is 4. The molecule has 0 amide bonds. The third kappa shape index (κ3) is 3.26. The van der Waals surface area contributed by atoms with E-state index in [0.29, 0.717) is 28.6 Å². The number of aryl methyl sites for hydroxylation is 2. The highest BCUT2D eigenvalue weighted by Gasteiger charge is 2.34. The van der Waals surface area contributed by atoms with Gasteiger partial charge in [-0.3, -0.25) is 14.8 Å². The van der Waals surface area contributed by atoms with E-state index in [2.05, 4.69) is 20.3 Å². The lowest BCUT2D eigenvalue weighted by molar-refractivity contribution is -0.137. The summed E-state index contributed by atoms with van der Waals surface area (Å²) in [7, 11) is 1.79. The van der Waals surface area contributed by atoms with Crippen LogP contribution < -0.4 is 0 Å². The van der Waals surface area contributed by atoms with Crippen molar-refractivity contribution in [2.45, 2.75) is 25.9 Å². The van der Waals surface area contributed by atoms with E-state index in [1.54, 1.807) is 36.3 Å². The van der Waals surface area contributed by atoms with Gasteiger partial charge in [0.2, 0.25) is 0 Å². The Labute approximate surface area is 159 Å². The normalized spacial score (nSPS) is 12.0. The molecule has 3 aromatic heterocycles. The van der Waals surface area contributed by atoms with E-state index in [0.717, 1.165) is 12.0 Å². The van der Waals surface area contributed by atoms with Crippen LogP contribution in [0.15, 0.2) is 42.9 Å². The fourth-order valence-corrected chi connectivity index (χ4v) is 3.32. The van der Waals surface area contributed by atoms with E-state index in [1.807, 2.05) is 6.92 Å². The number of hydrogen-bond acceptors (Lipinski definition) is 3. The molecule has 0 spiro atoms. The topological polar surface area (TPSA) is 59.4 Å². The number of alkyl halides is 3. The summed E-state index contributed by atoms with van der Waals surface area (Å²) in [6, 6.07) is 6.11. The van der Waals surface area contributed by atoms with Crippen LogP contribution in [0.3, 0.4) is 0 Å². The molecule has 0 saturated heterocycles. The van der Waals surface area contributed by atoms with Crippen molar-refractivity contribution in [1.82, 2.24) is 25.0 Å². The Kier molecular flexibility index (Phi) is 4.41. The van der Waals surface area contributed by atoms with E-state index in [4.69, 9.17) is 0 Å². The fraction of sp³-hybridized carbons (Fsp3) is 0.250. The largest absolute Gasteiger partial charge is 0.417 e. The minimum absolute atomic E-state index is 0.0626. The first kappa shape index (κ1) is 18.2. The Hall–Kier alpha value is -3.16. The summed E-state index contributed by atoms with van der Waals surface area (Å²) in [6.07, 6.45) is 1.90. The molecule has 144 valence electrons. The molecule has 0 aliphatic carbocycles. The van der Waals surface area contributed by atoms with E-state index in [-0.39, 0.29) is 11.3 Å². The number of hydrogen-bond donors (Lipinski definition) is 1.